The molecule has 2 atom stereocenters. The van der Waals surface area contributed by atoms with E-state index < -0.39 is 0 Å². The van der Waals surface area contributed by atoms with Crippen LogP contribution in [0.4, 0.5) is 0 Å². The quantitative estimate of drug-likeness (QED) is 0.704. The zero-order valence-corrected chi connectivity index (χ0v) is 12.2. The summed E-state index contributed by atoms with van der Waals surface area (Å²) >= 11 is 0. The van der Waals surface area contributed by atoms with Gasteiger partial charge < -0.3 is 15.3 Å². The van der Waals surface area contributed by atoms with E-state index in [2.05, 4.69) is 10.2 Å². The highest BCUT2D eigenvalue weighted by Gasteiger charge is 2.32. The van der Waals surface area contributed by atoms with Gasteiger partial charge in [-0.15, -0.1) is 0 Å². The minimum absolute atomic E-state index is 0.360. The first kappa shape index (κ1) is 13.8. The predicted molar refractivity (Wildman–Crippen MR) is 78.1 cm³/mol. The topological polar surface area (TPSA) is 35.5 Å². The highest BCUT2D eigenvalue weighted by molar-refractivity contribution is 4.88. The summed E-state index contributed by atoms with van der Waals surface area (Å²) in [5.41, 5.74) is 0. The maximum atomic E-state index is 9.04. The summed E-state index contributed by atoms with van der Waals surface area (Å²) in [6.07, 6.45) is 9.32. The largest absolute Gasteiger partial charge is 0.396 e. The van der Waals surface area contributed by atoms with Crippen molar-refractivity contribution >= 4 is 0 Å². The molecule has 1 saturated heterocycles. The van der Waals surface area contributed by atoms with Gasteiger partial charge in [0, 0.05) is 32.3 Å². The Bertz CT molecular complexity index is 276. The number of piperidine rings is 1. The van der Waals surface area contributed by atoms with Crippen molar-refractivity contribution < 1.29 is 5.11 Å². The van der Waals surface area contributed by atoms with Gasteiger partial charge >= 0.3 is 0 Å². The fraction of sp³-hybridized carbons (Fsp3) is 1.00. The standard InChI is InChI=1S/C16H30N2O/c19-7-1-2-15-8-16(17-9-13-3-4-13)12-18(11-15)10-14-5-6-14/h13-17,19H,1-12H2. The lowest BCUT2D eigenvalue weighted by atomic mass is 9.90. The van der Waals surface area contributed by atoms with Crippen molar-refractivity contribution in [3.05, 3.63) is 0 Å². The second kappa shape index (κ2) is 6.55. The minimum atomic E-state index is 0.360. The van der Waals surface area contributed by atoms with E-state index in [0.717, 1.165) is 24.2 Å². The molecule has 110 valence electrons. The third-order valence-electron chi connectivity index (χ3n) is 4.99. The molecule has 1 aliphatic heterocycles. The Morgan fingerprint density at radius 1 is 1.00 bits per heavy atom. The van der Waals surface area contributed by atoms with E-state index in [1.54, 1.807) is 0 Å². The molecule has 0 radical (unpaired) electrons. The van der Waals surface area contributed by atoms with Crippen LogP contribution in [0.5, 0.6) is 0 Å². The first-order valence-corrected chi connectivity index (χ1v) is 8.40. The van der Waals surface area contributed by atoms with Crippen LogP contribution >= 0.6 is 0 Å². The van der Waals surface area contributed by atoms with Crippen molar-refractivity contribution in [2.75, 3.05) is 32.8 Å². The van der Waals surface area contributed by atoms with E-state index in [1.165, 1.54) is 64.7 Å². The second-order valence-corrected chi connectivity index (χ2v) is 7.18. The monoisotopic (exact) mass is 266 g/mol. The van der Waals surface area contributed by atoms with Crippen molar-refractivity contribution in [2.24, 2.45) is 17.8 Å². The number of likely N-dealkylation sites (tertiary alicyclic amines) is 1. The van der Waals surface area contributed by atoms with E-state index in [1.807, 2.05) is 0 Å². The van der Waals surface area contributed by atoms with Gasteiger partial charge in [0.05, 0.1) is 0 Å². The maximum absolute atomic E-state index is 9.04. The van der Waals surface area contributed by atoms with E-state index in [0.29, 0.717) is 12.6 Å². The molecule has 1 heterocycles. The lowest BCUT2D eigenvalue weighted by Crippen LogP contribution is -2.50. The molecule has 0 aromatic carbocycles. The summed E-state index contributed by atoms with van der Waals surface area (Å²) in [5.74, 6) is 2.78. The van der Waals surface area contributed by atoms with Gasteiger partial charge in [-0.1, -0.05) is 0 Å². The van der Waals surface area contributed by atoms with Gasteiger partial charge in [0.15, 0.2) is 0 Å². The highest BCUT2D eigenvalue weighted by atomic mass is 16.2. The van der Waals surface area contributed by atoms with Gasteiger partial charge in [0.1, 0.15) is 0 Å². The molecule has 2 N–H and O–H groups in total. The van der Waals surface area contributed by atoms with Gasteiger partial charge in [-0.3, -0.25) is 0 Å². The molecule has 19 heavy (non-hydrogen) atoms. The molecule has 2 saturated carbocycles. The van der Waals surface area contributed by atoms with Crippen LogP contribution in [-0.2, 0) is 0 Å². The number of hydrogen-bond donors (Lipinski definition) is 2. The average molecular weight is 266 g/mol. The van der Waals surface area contributed by atoms with Crippen molar-refractivity contribution in [3.8, 4) is 0 Å². The fourth-order valence-corrected chi connectivity index (χ4v) is 3.51. The first-order chi connectivity index (χ1) is 9.33. The van der Waals surface area contributed by atoms with Crippen LogP contribution in [0, 0.1) is 17.8 Å². The van der Waals surface area contributed by atoms with Gasteiger partial charge in [0.2, 0.25) is 0 Å². The number of rotatable bonds is 8. The summed E-state index contributed by atoms with van der Waals surface area (Å²) in [6, 6.07) is 0.705. The Morgan fingerprint density at radius 2 is 1.79 bits per heavy atom. The van der Waals surface area contributed by atoms with Crippen LogP contribution in [0.15, 0.2) is 0 Å². The number of nitrogens with one attached hydrogen (secondary N) is 1. The Labute approximate surface area is 117 Å². The Balaban J connectivity index is 1.46. The maximum Gasteiger partial charge on any atom is 0.0431 e. The number of aliphatic hydroxyl groups excluding tert-OH is 1. The molecule has 3 rings (SSSR count). The Morgan fingerprint density at radius 3 is 2.47 bits per heavy atom. The van der Waals surface area contributed by atoms with E-state index in [9.17, 15) is 0 Å². The zero-order chi connectivity index (χ0) is 13.1. The summed E-state index contributed by atoms with van der Waals surface area (Å²) in [7, 11) is 0. The molecule has 0 spiro atoms. The van der Waals surface area contributed by atoms with E-state index in [-0.39, 0.29) is 0 Å². The van der Waals surface area contributed by atoms with Gasteiger partial charge in [-0.2, -0.15) is 0 Å². The number of aliphatic hydroxyl groups is 1. The van der Waals surface area contributed by atoms with Crippen molar-refractivity contribution in [1.82, 2.24) is 10.2 Å². The summed E-state index contributed by atoms with van der Waals surface area (Å²) < 4.78 is 0. The van der Waals surface area contributed by atoms with E-state index >= 15 is 0 Å². The van der Waals surface area contributed by atoms with Crippen LogP contribution in [0.3, 0.4) is 0 Å². The molecule has 0 bridgehead atoms. The highest BCUT2D eigenvalue weighted by Crippen LogP contribution is 2.32. The smallest absolute Gasteiger partial charge is 0.0431 e. The SMILES string of the molecule is OCCCC1CC(NCC2CC2)CN(CC2CC2)C1. The summed E-state index contributed by atoms with van der Waals surface area (Å²) in [5, 5.41) is 12.8. The Kier molecular flexibility index (Phi) is 4.78. The summed E-state index contributed by atoms with van der Waals surface area (Å²) in [6.45, 7) is 5.47. The molecule has 3 nitrogen and oxygen atoms in total. The normalized spacial score (nSPS) is 32.7. The van der Waals surface area contributed by atoms with Gasteiger partial charge in [-0.25, -0.2) is 0 Å². The third kappa shape index (κ3) is 4.73. The lowest BCUT2D eigenvalue weighted by molar-refractivity contribution is 0.125. The van der Waals surface area contributed by atoms with Gasteiger partial charge in [0.25, 0.3) is 0 Å². The molecule has 3 aliphatic rings. The molecule has 3 fully saturated rings. The zero-order valence-electron chi connectivity index (χ0n) is 12.2. The predicted octanol–water partition coefficient (Wildman–Crippen LogP) is 1.86. The Hall–Kier alpha value is -0.120. The molecular weight excluding hydrogens is 236 g/mol. The average Bonchev–Trinajstić information content (AvgIpc) is 3.28. The molecule has 0 amide bonds. The molecule has 0 aromatic rings. The van der Waals surface area contributed by atoms with Crippen LogP contribution in [0.2, 0.25) is 0 Å². The van der Waals surface area contributed by atoms with Crippen LogP contribution in [-0.4, -0.2) is 48.8 Å². The van der Waals surface area contributed by atoms with E-state index in [4.69, 9.17) is 5.11 Å². The van der Waals surface area contributed by atoms with Gasteiger partial charge in [-0.05, 0) is 69.2 Å². The van der Waals surface area contributed by atoms with Crippen LogP contribution in [0.1, 0.15) is 44.9 Å². The third-order valence-corrected chi connectivity index (χ3v) is 4.99. The fourth-order valence-electron chi connectivity index (χ4n) is 3.51. The number of nitrogens with zero attached hydrogens (tertiary/aromatic N) is 1. The van der Waals surface area contributed by atoms with Crippen LogP contribution in [0.25, 0.3) is 0 Å². The van der Waals surface area contributed by atoms with Crippen LogP contribution < -0.4 is 5.32 Å². The first-order valence-electron chi connectivity index (χ1n) is 8.40. The summed E-state index contributed by atoms with van der Waals surface area (Å²) in [4.78, 5) is 2.70. The molecule has 2 unspecified atom stereocenters. The molecule has 2 aliphatic carbocycles. The van der Waals surface area contributed by atoms with Crippen molar-refractivity contribution in [1.29, 1.82) is 0 Å². The molecular formula is C16H30N2O. The molecule has 0 aromatic heterocycles. The lowest BCUT2D eigenvalue weighted by Gasteiger charge is -2.38. The van der Waals surface area contributed by atoms with Crippen molar-refractivity contribution in [3.63, 3.8) is 0 Å². The number of hydrogen-bond acceptors (Lipinski definition) is 3. The second-order valence-electron chi connectivity index (χ2n) is 7.18. The molecule has 3 heteroatoms. The minimum Gasteiger partial charge on any atom is -0.396 e. The van der Waals surface area contributed by atoms with Crippen molar-refractivity contribution in [2.45, 2.75) is 51.0 Å².